The summed E-state index contributed by atoms with van der Waals surface area (Å²) in [5.74, 6) is 0. The summed E-state index contributed by atoms with van der Waals surface area (Å²) in [5, 5.41) is 2.98. The number of nitrogens with one attached hydrogen (secondary N) is 2. The zero-order valence-corrected chi connectivity index (χ0v) is 15.5. The van der Waals surface area contributed by atoms with Gasteiger partial charge < -0.3 is 5.32 Å². The van der Waals surface area contributed by atoms with Gasteiger partial charge in [-0.25, -0.2) is 13.1 Å². The number of benzene rings is 1. The van der Waals surface area contributed by atoms with Gasteiger partial charge >= 0.3 is 6.18 Å². The smallest absolute Gasteiger partial charge is 0.314 e. The van der Waals surface area contributed by atoms with Gasteiger partial charge in [-0.05, 0) is 24.1 Å². The number of hydrogen-bond acceptors (Lipinski definition) is 4. The highest BCUT2D eigenvalue weighted by atomic mass is 35.5. The van der Waals surface area contributed by atoms with E-state index in [1.54, 1.807) is 12.1 Å². The molecule has 1 saturated heterocycles. The first kappa shape index (κ1) is 22.2. The van der Waals surface area contributed by atoms with E-state index in [4.69, 9.17) is 0 Å². The van der Waals surface area contributed by atoms with Crippen LogP contribution in [0.15, 0.2) is 29.2 Å². The van der Waals surface area contributed by atoms with E-state index in [1.807, 2.05) is 6.92 Å². The van der Waals surface area contributed by atoms with Crippen LogP contribution in [-0.4, -0.2) is 58.3 Å². The van der Waals surface area contributed by atoms with E-state index in [0.29, 0.717) is 13.1 Å². The summed E-state index contributed by atoms with van der Waals surface area (Å²) in [7, 11) is -3.97. The number of hydrogen-bond donors (Lipinski definition) is 2. The number of nitrogens with zero attached hydrogens (tertiary/aromatic N) is 1. The molecule has 144 valence electrons. The monoisotopic (exact) mass is 401 g/mol. The van der Waals surface area contributed by atoms with Gasteiger partial charge in [0.05, 0.1) is 4.90 Å². The predicted molar refractivity (Wildman–Crippen MR) is 92.5 cm³/mol. The molecule has 0 bridgehead atoms. The first-order chi connectivity index (χ1) is 11.2. The summed E-state index contributed by atoms with van der Waals surface area (Å²) in [5.41, 5.74) is 0.961. The van der Waals surface area contributed by atoms with Gasteiger partial charge in [0.25, 0.3) is 0 Å². The second-order valence-electron chi connectivity index (χ2n) is 5.69. The lowest BCUT2D eigenvalue weighted by Crippen LogP contribution is -2.57. The van der Waals surface area contributed by atoms with Gasteiger partial charge in [-0.15, -0.1) is 12.4 Å². The molecule has 2 N–H and O–H groups in total. The fourth-order valence-corrected chi connectivity index (χ4v) is 3.66. The lowest BCUT2D eigenvalue weighted by atomic mass is 10.2. The van der Waals surface area contributed by atoms with E-state index in [0.717, 1.165) is 12.0 Å². The van der Waals surface area contributed by atoms with Gasteiger partial charge in [-0.3, -0.25) is 4.90 Å². The van der Waals surface area contributed by atoms with E-state index < -0.39 is 28.8 Å². The first-order valence-electron chi connectivity index (χ1n) is 7.84. The minimum atomic E-state index is -4.49. The first-order valence-corrected chi connectivity index (χ1v) is 9.32. The van der Waals surface area contributed by atoms with Gasteiger partial charge in [0.15, 0.2) is 0 Å². The summed E-state index contributed by atoms with van der Waals surface area (Å²) in [6.45, 7) is 2.62. The Morgan fingerprint density at radius 1 is 1.20 bits per heavy atom. The third-order valence-corrected chi connectivity index (χ3v) is 5.52. The van der Waals surface area contributed by atoms with Crippen molar-refractivity contribution in [3.05, 3.63) is 29.8 Å². The molecular formula is C15H23ClF3N3O2S. The Bertz CT molecular complexity index is 632. The van der Waals surface area contributed by atoms with E-state index in [9.17, 15) is 21.6 Å². The highest BCUT2D eigenvalue weighted by Gasteiger charge is 2.44. The van der Waals surface area contributed by atoms with Crippen molar-refractivity contribution < 1.29 is 21.6 Å². The Balaban J connectivity index is 0.00000312. The van der Waals surface area contributed by atoms with Crippen molar-refractivity contribution in [2.24, 2.45) is 0 Å². The molecule has 0 aromatic heterocycles. The lowest BCUT2D eigenvalue weighted by Gasteiger charge is -2.35. The Hall–Kier alpha value is -0.870. The average Bonchev–Trinajstić information content (AvgIpc) is 2.54. The van der Waals surface area contributed by atoms with Gasteiger partial charge in [0, 0.05) is 32.7 Å². The second kappa shape index (κ2) is 9.18. The third kappa shape index (κ3) is 6.10. The van der Waals surface area contributed by atoms with Crippen LogP contribution in [0.5, 0.6) is 0 Å². The summed E-state index contributed by atoms with van der Waals surface area (Å²) in [6.07, 6.45) is -3.74. The molecule has 1 aliphatic heterocycles. The average molecular weight is 402 g/mol. The van der Waals surface area contributed by atoms with Crippen molar-refractivity contribution >= 4 is 22.4 Å². The Kier molecular flexibility index (Phi) is 8.14. The van der Waals surface area contributed by atoms with Gasteiger partial charge in [0.1, 0.15) is 6.04 Å². The molecular weight excluding hydrogens is 379 g/mol. The summed E-state index contributed by atoms with van der Waals surface area (Å²) in [6, 6.07) is 4.31. The van der Waals surface area contributed by atoms with Crippen molar-refractivity contribution in [1.82, 2.24) is 14.9 Å². The molecule has 1 unspecified atom stereocenters. The maximum absolute atomic E-state index is 13.3. The summed E-state index contributed by atoms with van der Waals surface area (Å²) in [4.78, 5) is 1.24. The number of aryl methyl sites for hydroxylation is 1. The molecule has 1 aromatic rings. The Labute approximate surface area is 152 Å². The molecule has 1 aliphatic rings. The van der Waals surface area contributed by atoms with E-state index in [1.165, 1.54) is 17.0 Å². The summed E-state index contributed by atoms with van der Waals surface area (Å²) < 4.78 is 66.4. The van der Waals surface area contributed by atoms with Crippen LogP contribution in [0.2, 0.25) is 0 Å². The molecule has 5 nitrogen and oxygen atoms in total. The number of halogens is 4. The van der Waals surface area contributed by atoms with E-state index >= 15 is 0 Å². The molecule has 1 fully saturated rings. The molecule has 0 saturated carbocycles. The standard InChI is InChI=1S/C15H22F3N3O2S.ClH/c1-2-12-3-5-13(6-4-12)24(22,23)20-11-14(15(16,17)18)21-9-7-19-8-10-21;/h3-6,14,19-20H,2,7-11H2,1H3;1H. The van der Waals surface area contributed by atoms with Crippen molar-refractivity contribution in [3.63, 3.8) is 0 Å². The molecule has 1 aromatic carbocycles. The van der Waals surface area contributed by atoms with Crippen molar-refractivity contribution in [3.8, 4) is 0 Å². The van der Waals surface area contributed by atoms with Crippen LogP contribution in [0, 0.1) is 0 Å². The zero-order chi connectivity index (χ0) is 17.8. The number of sulfonamides is 1. The topological polar surface area (TPSA) is 61.4 Å². The Morgan fingerprint density at radius 2 is 1.76 bits per heavy atom. The molecule has 1 atom stereocenters. The molecule has 2 rings (SSSR count). The van der Waals surface area contributed by atoms with E-state index in [-0.39, 0.29) is 30.4 Å². The van der Waals surface area contributed by atoms with Crippen LogP contribution in [0.3, 0.4) is 0 Å². The van der Waals surface area contributed by atoms with Crippen molar-refractivity contribution in [2.75, 3.05) is 32.7 Å². The minimum absolute atomic E-state index is 0. The minimum Gasteiger partial charge on any atom is -0.314 e. The van der Waals surface area contributed by atoms with Crippen LogP contribution < -0.4 is 10.0 Å². The molecule has 0 aliphatic carbocycles. The molecule has 10 heteroatoms. The van der Waals surface area contributed by atoms with Crippen LogP contribution in [0.4, 0.5) is 13.2 Å². The number of rotatable bonds is 6. The van der Waals surface area contributed by atoms with Gasteiger partial charge in [-0.2, -0.15) is 13.2 Å². The maximum atomic E-state index is 13.3. The molecule has 0 amide bonds. The van der Waals surface area contributed by atoms with Gasteiger partial charge in [0.2, 0.25) is 10.0 Å². The molecule has 1 heterocycles. The largest absolute Gasteiger partial charge is 0.405 e. The van der Waals surface area contributed by atoms with Crippen LogP contribution in [-0.2, 0) is 16.4 Å². The van der Waals surface area contributed by atoms with Crippen molar-refractivity contribution in [1.29, 1.82) is 0 Å². The zero-order valence-electron chi connectivity index (χ0n) is 13.8. The predicted octanol–water partition coefficient (Wildman–Crippen LogP) is 1.79. The summed E-state index contributed by atoms with van der Waals surface area (Å²) >= 11 is 0. The van der Waals surface area contributed by atoms with Crippen LogP contribution in [0.25, 0.3) is 0 Å². The SMILES string of the molecule is CCc1ccc(S(=O)(=O)NCC(N2CCNCC2)C(F)(F)F)cc1.Cl. The fraction of sp³-hybridized carbons (Fsp3) is 0.600. The lowest BCUT2D eigenvalue weighted by molar-refractivity contribution is -0.182. The number of piperazine rings is 1. The quantitative estimate of drug-likeness (QED) is 0.763. The normalized spacial score (nSPS) is 17.8. The fourth-order valence-electron chi connectivity index (χ4n) is 2.62. The molecule has 0 spiro atoms. The van der Waals surface area contributed by atoms with Gasteiger partial charge in [-0.1, -0.05) is 19.1 Å². The molecule has 25 heavy (non-hydrogen) atoms. The highest BCUT2D eigenvalue weighted by Crippen LogP contribution is 2.25. The van der Waals surface area contributed by atoms with Crippen LogP contribution >= 0.6 is 12.4 Å². The highest BCUT2D eigenvalue weighted by molar-refractivity contribution is 7.89. The maximum Gasteiger partial charge on any atom is 0.405 e. The Morgan fingerprint density at radius 3 is 2.24 bits per heavy atom. The van der Waals surface area contributed by atoms with Crippen LogP contribution in [0.1, 0.15) is 12.5 Å². The number of alkyl halides is 3. The molecule has 0 radical (unpaired) electrons. The third-order valence-electron chi connectivity index (χ3n) is 4.08. The van der Waals surface area contributed by atoms with Crippen molar-refractivity contribution in [2.45, 2.75) is 30.5 Å². The second-order valence-corrected chi connectivity index (χ2v) is 7.46. The van der Waals surface area contributed by atoms with E-state index in [2.05, 4.69) is 10.0 Å².